The fourth-order valence-corrected chi connectivity index (χ4v) is 7.53. The van der Waals surface area contributed by atoms with Gasteiger partial charge in [0.05, 0.1) is 31.4 Å². The third-order valence-corrected chi connectivity index (χ3v) is 10.1. The molecule has 46 heavy (non-hydrogen) atoms. The lowest BCUT2D eigenvalue weighted by Crippen LogP contribution is -2.41. The fraction of sp³-hybridized carbons (Fsp3) is 0.538. The van der Waals surface area contributed by atoms with Crippen LogP contribution in [0.4, 0.5) is 11.8 Å². The number of fused-ring (bicyclic) bond motifs is 1. The molecule has 3 aromatic rings. The highest BCUT2D eigenvalue weighted by molar-refractivity contribution is 9.10. The quantitative estimate of drug-likeness (QED) is 0.112. The standard InChI is InChI=1S/C26H36BrN8O9PS/c1-14(2)42-24(37)26(10-11-26)32-45(38,44-17-8-6-16(27)7-9-17)41-12-18-20(36)15(3)23(43-18)35-13-29-19-21(30-25(28)31-22(19)35)34(4)33-46(5,39)40/h6-9,13-15,18,20,23,33,36H,10-12H2,1-5H3,(H,32,38)(H2,28,30,31)/t15-,18?,20-,23?,45?/m0/s1. The number of carbonyl (C=O) groups excluding carboxylic acids is 1. The number of ether oxygens (including phenoxy) is 2. The number of carbonyl (C=O) groups is 1. The summed E-state index contributed by atoms with van der Waals surface area (Å²) < 4.78 is 63.3. The van der Waals surface area contributed by atoms with Crippen LogP contribution in [0.2, 0.25) is 0 Å². The molecule has 252 valence electrons. The van der Waals surface area contributed by atoms with Crippen LogP contribution in [0.5, 0.6) is 5.75 Å². The number of esters is 1. The summed E-state index contributed by atoms with van der Waals surface area (Å²) in [6.07, 6.45) is -0.175. The van der Waals surface area contributed by atoms with Gasteiger partial charge in [-0.25, -0.2) is 18.0 Å². The number of hydrogen-bond donors (Lipinski definition) is 4. The van der Waals surface area contributed by atoms with E-state index in [-0.39, 0.29) is 41.4 Å². The first-order valence-corrected chi connectivity index (χ1v) is 18.5. The molecule has 3 heterocycles. The summed E-state index contributed by atoms with van der Waals surface area (Å²) in [7, 11) is -6.45. The average molecular weight is 748 g/mol. The number of rotatable bonds is 13. The number of anilines is 2. The van der Waals surface area contributed by atoms with Crippen LogP contribution < -0.4 is 25.2 Å². The van der Waals surface area contributed by atoms with Crippen LogP contribution in [0.15, 0.2) is 35.1 Å². The van der Waals surface area contributed by atoms with Crippen molar-refractivity contribution in [2.24, 2.45) is 5.92 Å². The van der Waals surface area contributed by atoms with Gasteiger partial charge in [-0.1, -0.05) is 22.9 Å². The van der Waals surface area contributed by atoms with Crippen molar-refractivity contribution in [2.45, 2.75) is 63.7 Å². The molecule has 1 aliphatic carbocycles. The SMILES string of the molecule is CC(C)OC(=O)C1(NP(=O)(OCC2OC(n3cnc4c(N(C)NS(C)(=O)=O)nc(N)nc43)[C@@H](C)[C@@H]2O)Oc2ccc(Br)cc2)CC1. The number of imidazole rings is 1. The molecule has 0 radical (unpaired) electrons. The summed E-state index contributed by atoms with van der Waals surface area (Å²) in [6, 6.07) is 6.56. The largest absolute Gasteiger partial charge is 0.462 e. The highest BCUT2D eigenvalue weighted by atomic mass is 79.9. The Morgan fingerprint density at radius 2 is 1.98 bits per heavy atom. The van der Waals surface area contributed by atoms with Crippen LogP contribution in [0.1, 0.15) is 39.8 Å². The van der Waals surface area contributed by atoms with Crippen molar-refractivity contribution in [2.75, 3.05) is 30.7 Å². The Labute approximate surface area is 273 Å². The van der Waals surface area contributed by atoms with Gasteiger partial charge in [0.15, 0.2) is 17.0 Å². The number of halogens is 1. The van der Waals surface area contributed by atoms with E-state index in [1.807, 2.05) is 0 Å². The maximum absolute atomic E-state index is 14.2. The van der Waals surface area contributed by atoms with E-state index >= 15 is 0 Å². The molecular formula is C26H36BrN8O9PS. The van der Waals surface area contributed by atoms with Gasteiger partial charge >= 0.3 is 13.7 Å². The van der Waals surface area contributed by atoms with Crippen molar-refractivity contribution >= 4 is 62.6 Å². The minimum Gasteiger partial charge on any atom is -0.462 e. The number of sulfonamides is 1. The van der Waals surface area contributed by atoms with E-state index in [9.17, 15) is 22.9 Å². The molecule has 1 aliphatic heterocycles. The molecule has 1 saturated carbocycles. The maximum Gasteiger partial charge on any atom is 0.459 e. The van der Waals surface area contributed by atoms with E-state index in [0.29, 0.717) is 12.8 Å². The van der Waals surface area contributed by atoms with E-state index in [1.165, 1.54) is 17.9 Å². The number of nitrogen functional groups attached to an aromatic ring is 1. The van der Waals surface area contributed by atoms with Gasteiger partial charge in [0.2, 0.25) is 16.0 Å². The van der Waals surface area contributed by atoms with E-state index in [0.717, 1.165) is 15.7 Å². The first-order valence-electron chi connectivity index (χ1n) is 14.2. The van der Waals surface area contributed by atoms with Crippen LogP contribution in [0.3, 0.4) is 0 Å². The Morgan fingerprint density at radius 3 is 2.59 bits per heavy atom. The predicted octanol–water partition coefficient (Wildman–Crippen LogP) is 2.24. The zero-order valence-electron chi connectivity index (χ0n) is 25.7. The number of nitrogens with zero attached hydrogens (tertiary/aromatic N) is 5. The van der Waals surface area contributed by atoms with E-state index in [4.69, 9.17) is 24.3 Å². The Kier molecular flexibility index (Phi) is 9.70. The Morgan fingerprint density at radius 1 is 1.30 bits per heavy atom. The second-order valence-electron chi connectivity index (χ2n) is 11.6. The van der Waals surface area contributed by atoms with Gasteiger partial charge in [0.25, 0.3) is 0 Å². The lowest BCUT2D eigenvalue weighted by Gasteiger charge is -2.26. The average Bonchev–Trinajstić information content (AvgIpc) is 3.53. The first-order chi connectivity index (χ1) is 21.5. The number of benzene rings is 1. The number of aromatic nitrogens is 4. The van der Waals surface area contributed by atoms with Crippen LogP contribution in [0.25, 0.3) is 11.2 Å². The van der Waals surface area contributed by atoms with Crippen LogP contribution in [-0.2, 0) is 33.4 Å². The minimum absolute atomic E-state index is 0.0971. The third kappa shape index (κ3) is 7.62. The molecule has 2 aromatic heterocycles. The second kappa shape index (κ2) is 13.0. The van der Waals surface area contributed by atoms with Gasteiger partial charge in [0.1, 0.15) is 23.6 Å². The van der Waals surface area contributed by atoms with E-state index < -0.39 is 53.6 Å². The molecule has 0 bridgehead atoms. The molecule has 0 amide bonds. The molecule has 5 atom stereocenters. The smallest absolute Gasteiger partial charge is 0.459 e. The molecule has 5 rings (SSSR count). The highest BCUT2D eigenvalue weighted by Crippen LogP contribution is 2.53. The van der Waals surface area contributed by atoms with Gasteiger partial charge in [-0.15, -0.1) is 4.83 Å². The normalized spacial score (nSPS) is 23.7. The first kappa shape index (κ1) is 34.4. The molecule has 1 aromatic carbocycles. The second-order valence-corrected chi connectivity index (χ2v) is 15.9. The molecule has 20 heteroatoms. The number of nitrogens with one attached hydrogen (secondary N) is 2. The van der Waals surface area contributed by atoms with Crippen molar-refractivity contribution < 1.29 is 41.4 Å². The molecule has 17 nitrogen and oxygen atoms in total. The van der Waals surface area contributed by atoms with Crippen molar-refractivity contribution in [1.29, 1.82) is 0 Å². The molecular weight excluding hydrogens is 711 g/mol. The zero-order chi connectivity index (χ0) is 33.6. The predicted molar refractivity (Wildman–Crippen MR) is 170 cm³/mol. The zero-order valence-corrected chi connectivity index (χ0v) is 29.0. The fourth-order valence-electron chi connectivity index (χ4n) is 4.94. The van der Waals surface area contributed by atoms with Gasteiger partial charge < -0.3 is 24.8 Å². The van der Waals surface area contributed by atoms with Crippen molar-refractivity contribution in [1.82, 2.24) is 29.4 Å². The lowest BCUT2D eigenvalue weighted by atomic mass is 10.0. The number of hydrogen-bond acceptors (Lipinski definition) is 14. The van der Waals surface area contributed by atoms with Crippen LogP contribution in [0, 0.1) is 5.92 Å². The number of aliphatic hydroxyl groups excluding tert-OH is 1. The summed E-state index contributed by atoms with van der Waals surface area (Å²) >= 11 is 3.35. The maximum atomic E-state index is 14.2. The number of hydrazine groups is 1. The van der Waals surface area contributed by atoms with Gasteiger partial charge in [-0.05, 0) is 51.0 Å². The van der Waals surface area contributed by atoms with Gasteiger partial charge in [-0.2, -0.15) is 15.1 Å². The summed E-state index contributed by atoms with van der Waals surface area (Å²) in [4.78, 5) is 27.9. The monoisotopic (exact) mass is 746 g/mol. The molecule has 2 fully saturated rings. The highest BCUT2D eigenvalue weighted by Gasteiger charge is 2.57. The Hall–Kier alpha value is -2.90. The van der Waals surface area contributed by atoms with Crippen molar-refractivity contribution in [3.8, 4) is 5.75 Å². The summed E-state index contributed by atoms with van der Waals surface area (Å²) in [6.45, 7) is 4.79. The lowest BCUT2D eigenvalue weighted by molar-refractivity contribution is -0.150. The van der Waals surface area contributed by atoms with Gasteiger partial charge in [0, 0.05) is 17.4 Å². The Bertz CT molecular complexity index is 1760. The molecule has 0 spiro atoms. The van der Waals surface area contributed by atoms with Crippen molar-refractivity contribution in [3.63, 3.8) is 0 Å². The summed E-state index contributed by atoms with van der Waals surface area (Å²) in [5.74, 6) is -0.950. The Balaban J connectivity index is 1.37. The van der Waals surface area contributed by atoms with Gasteiger partial charge in [-0.3, -0.25) is 18.9 Å². The van der Waals surface area contributed by atoms with E-state index in [1.54, 1.807) is 45.0 Å². The van der Waals surface area contributed by atoms with Crippen molar-refractivity contribution in [3.05, 3.63) is 35.1 Å². The molecule has 5 N–H and O–H groups in total. The molecule has 2 aliphatic rings. The minimum atomic E-state index is -4.25. The third-order valence-electron chi connectivity index (χ3n) is 7.28. The van der Waals surface area contributed by atoms with Crippen LogP contribution >= 0.6 is 23.7 Å². The summed E-state index contributed by atoms with van der Waals surface area (Å²) in [5, 5.41) is 15.1. The molecule has 3 unspecified atom stereocenters. The topological polar surface area (TPSA) is 222 Å². The van der Waals surface area contributed by atoms with Crippen LogP contribution in [-0.4, -0.2) is 82.8 Å². The number of aliphatic hydroxyl groups is 1. The summed E-state index contributed by atoms with van der Waals surface area (Å²) in [5.41, 5.74) is 5.15. The van der Waals surface area contributed by atoms with E-state index in [2.05, 4.69) is 40.8 Å². The number of nitrogens with two attached hydrogens (primary N) is 1. The molecule has 1 saturated heterocycles.